The van der Waals surface area contributed by atoms with Crippen molar-refractivity contribution in [1.29, 1.82) is 0 Å². The molecular weight excluding hydrogens is 216 g/mol. The topological polar surface area (TPSA) is 29.3 Å². The average molecular weight is 232 g/mol. The summed E-state index contributed by atoms with van der Waals surface area (Å²) in [7, 11) is 2.05. The highest BCUT2D eigenvalue weighted by Gasteiger charge is 2.09. The minimum atomic E-state index is 0.832. The van der Waals surface area contributed by atoms with Gasteiger partial charge in [0.25, 0.3) is 0 Å². The summed E-state index contributed by atoms with van der Waals surface area (Å²) < 4.78 is 0. The predicted octanol–water partition coefficient (Wildman–Crippen LogP) is 3.72. The van der Waals surface area contributed by atoms with Gasteiger partial charge >= 0.3 is 0 Å². The lowest BCUT2D eigenvalue weighted by Crippen LogP contribution is -2.10. The van der Waals surface area contributed by atoms with E-state index >= 15 is 0 Å². The molecule has 0 spiro atoms. The van der Waals surface area contributed by atoms with Crippen molar-refractivity contribution >= 4 is 27.7 Å². The lowest BCUT2D eigenvalue weighted by atomic mass is 10.1. The zero-order valence-corrected chi connectivity index (χ0v) is 10.6. The van der Waals surface area contributed by atoms with Crippen LogP contribution in [0.15, 0.2) is 29.6 Å². The van der Waals surface area contributed by atoms with Crippen molar-refractivity contribution in [2.24, 2.45) is 0 Å². The van der Waals surface area contributed by atoms with E-state index in [9.17, 15) is 0 Å². The van der Waals surface area contributed by atoms with Gasteiger partial charge in [0.05, 0.1) is 16.4 Å². The van der Waals surface area contributed by atoms with Crippen LogP contribution in [0.1, 0.15) is 11.1 Å². The standard InChI is InChI=1S/C13H16N2S/c1-9-7-11(14)12(8-10(9)2)15(3)13-5-4-6-16-13/h4-8H,14H2,1-3H3. The molecule has 2 nitrogen and oxygen atoms in total. The van der Waals surface area contributed by atoms with Crippen LogP contribution in [0.3, 0.4) is 0 Å². The van der Waals surface area contributed by atoms with E-state index in [4.69, 9.17) is 5.73 Å². The summed E-state index contributed by atoms with van der Waals surface area (Å²) in [5.41, 5.74) is 10.5. The molecule has 0 saturated heterocycles. The molecule has 0 bridgehead atoms. The fourth-order valence-corrected chi connectivity index (χ4v) is 2.40. The van der Waals surface area contributed by atoms with Crippen LogP contribution in [-0.2, 0) is 0 Å². The number of hydrogen-bond acceptors (Lipinski definition) is 3. The molecule has 0 aliphatic carbocycles. The van der Waals surface area contributed by atoms with Gasteiger partial charge in [-0.15, -0.1) is 11.3 Å². The first-order valence-electron chi connectivity index (χ1n) is 5.23. The maximum absolute atomic E-state index is 6.06. The van der Waals surface area contributed by atoms with E-state index in [1.165, 1.54) is 16.1 Å². The Morgan fingerprint density at radius 1 is 1.19 bits per heavy atom. The maximum atomic E-state index is 6.06. The Morgan fingerprint density at radius 2 is 1.88 bits per heavy atom. The van der Waals surface area contributed by atoms with E-state index in [1.807, 2.05) is 19.2 Å². The first kappa shape index (κ1) is 11.0. The van der Waals surface area contributed by atoms with Gasteiger partial charge in [-0.2, -0.15) is 0 Å². The summed E-state index contributed by atoms with van der Waals surface area (Å²) in [5, 5.41) is 3.28. The van der Waals surface area contributed by atoms with Crippen LogP contribution in [0.2, 0.25) is 0 Å². The van der Waals surface area contributed by atoms with Crippen molar-refractivity contribution in [2.75, 3.05) is 17.7 Å². The molecule has 0 fully saturated rings. The third-order valence-electron chi connectivity index (χ3n) is 2.84. The number of nitrogen functional groups attached to an aromatic ring is 1. The lowest BCUT2D eigenvalue weighted by molar-refractivity contribution is 1.22. The van der Waals surface area contributed by atoms with Crippen LogP contribution in [-0.4, -0.2) is 7.05 Å². The second-order valence-corrected chi connectivity index (χ2v) is 4.93. The summed E-state index contributed by atoms with van der Waals surface area (Å²) in [4.78, 5) is 2.13. The van der Waals surface area contributed by atoms with Crippen molar-refractivity contribution in [1.82, 2.24) is 0 Å². The van der Waals surface area contributed by atoms with Gasteiger partial charge in [-0.1, -0.05) is 0 Å². The molecule has 2 rings (SSSR count). The van der Waals surface area contributed by atoms with Gasteiger partial charge in [0.2, 0.25) is 0 Å². The number of hydrogen-bond donors (Lipinski definition) is 1. The molecule has 0 aliphatic rings. The summed E-state index contributed by atoms with van der Waals surface area (Å²) in [6, 6.07) is 8.33. The van der Waals surface area contributed by atoms with Gasteiger partial charge in [0.15, 0.2) is 0 Å². The van der Waals surface area contributed by atoms with Crippen LogP contribution in [0.4, 0.5) is 16.4 Å². The zero-order chi connectivity index (χ0) is 11.7. The first-order valence-corrected chi connectivity index (χ1v) is 6.11. The van der Waals surface area contributed by atoms with Crippen molar-refractivity contribution in [3.8, 4) is 0 Å². The molecular formula is C13H16N2S. The smallest absolute Gasteiger partial charge is 0.0951 e. The van der Waals surface area contributed by atoms with Crippen LogP contribution in [0.25, 0.3) is 0 Å². The van der Waals surface area contributed by atoms with Crippen LogP contribution in [0, 0.1) is 13.8 Å². The molecule has 0 saturated carbocycles. The molecule has 0 aliphatic heterocycles. The van der Waals surface area contributed by atoms with Crippen LogP contribution in [0.5, 0.6) is 0 Å². The second kappa shape index (κ2) is 4.18. The molecule has 0 unspecified atom stereocenters. The van der Waals surface area contributed by atoms with Crippen LogP contribution >= 0.6 is 11.3 Å². The number of thiophene rings is 1. The van der Waals surface area contributed by atoms with E-state index in [2.05, 4.69) is 36.3 Å². The Morgan fingerprint density at radius 3 is 2.50 bits per heavy atom. The molecule has 1 aromatic heterocycles. The van der Waals surface area contributed by atoms with E-state index in [0.29, 0.717) is 0 Å². The molecule has 1 aromatic carbocycles. The molecule has 0 amide bonds. The maximum Gasteiger partial charge on any atom is 0.0951 e. The van der Waals surface area contributed by atoms with Gasteiger partial charge in [-0.05, 0) is 54.6 Å². The minimum Gasteiger partial charge on any atom is -0.397 e. The Bertz CT molecular complexity index is 489. The Kier molecular flexibility index (Phi) is 2.88. The first-order chi connectivity index (χ1) is 7.59. The van der Waals surface area contributed by atoms with E-state index in [0.717, 1.165) is 11.4 Å². The molecule has 2 N–H and O–H groups in total. The highest BCUT2D eigenvalue weighted by molar-refractivity contribution is 7.14. The number of aryl methyl sites for hydroxylation is 2. The van der Waals surface area contributed by atoms with Gasteiger partial charge in [0, 0.05) is 7.05 Å². The zero-order valence-electron chi connectivity index (χ0n) is 9.82. The van der Waals surface area contributed by atoms with E-state index < -0.39 is 0 Å². The Balaban J connectivity index is 2.44. The molecule has 0 radical (unpaired) electrons. The largest absolute Gasteiger partial charge is 0.397 e. The van der Waals surface area contributed by atoms with Crippen molar-refractivity contribution in [3.63, 3.8) is 0 Å². The third kappa shape index (κ3) is 1.91. The SMILES string of the molecule is Cc1cc(N)c(N(C)c2cccs2)cc1C. The van der Waals surface area contributed by atoms with E-state index in [1.54, 1.807) is 11.3 Å². The molecule has 3 heteroatoms. The molecule has 16 heavy (non-hydrogen) atoms. The summed E-state index contributed by atoms with van der Waals surface area (Å²) >= 11 is 1.71. The summed E-state index contributed by atoms with van der Waals surface area (Å²) in [6.07, 6.45) is 0. The van der Waals surface area contributed by atoms with Crippen molar-refractivity contribution < 1.29 is 0 Å². The van der Waals surface area contributed by atoms with Gasteiger partial charge in [0.1, 0.15) is 0 Å². The number of anilines is 3. The fourth-order valence-electron chi connectivity index (χ4n) is 1.69. The second-order valence-electron chi connectivity index (χ2n) is 4.01. The lowest BCUT2D eigenvalue weighted by Gasteiger charge is -2.20. The quantitative estimate of drug-likeness (QED) is 0.800. The molecule has 1 heterocycles. The molecule has 84 valence electrons. The van der Waals surface area contributed by atoms with Gasteiger partial charge < -0.3 is 10.6 Å². The van der Waals surface area contributed by atoms with Gasteiger partial charge in [-0.25, -0.2) is 0 Å². The fraction of sp³-hybridized carbons (Fsp3) is 0.231. The monoisotopic (exact) mass is 232 g/mol. The number of benzene rings is 1. The predicted molar refractivity (Wildman–Crippen MR) is 72.7 cm³/mol. The van der Waals surface area contributed by atoms with Gasteiger partial charge in [-0.3, -0.25) is 0 Å². The summed E-state index contributed by atoms with van der Waals surface area (Å²) in [5.74, 6) is 0. The van der Waals surface area contributed by atoms with E-state index in [-0.39, 0.29) is 0 Å². The number of rotatable bonds is 2. The highest BCUT2D eigenvalue weighted by Crippen LogP contribution is 2.33. The Hall–Kier alpha value is -1.48. The molecule has 0 atom stereocenters. The highest BCUT2D eigenvalue weighted by atomic mass is 32.1. The van der Waals surface area contributed by atoms with Crippen molar-refractivity contribution in [2.45, 2.75) is 13.8 Å². The normalized spacial score (nSPS) is 10.4. The van der Waals surface area contributed by atoms with Crippen molar-refractivity contribution in [3.05, 3.63) is 40.8 Å². The number of nitrogens with zero attached hydrogens (tertiary/aromatic N) is 1. The molecule has 2 aromatic rings. The average Bonchev–Trinajstić information content (AvgIpc) is 2.75. The Labute approximate surface area is 100 Å². The minimum absolute atomic E-state index is 0.832. The summed E-state index contributed by atoms with van der Waals surface area (Å²) in [6.45, 7) is 4.20. The number of nitrogens with two attached hydrogens (primary N) is 1. The van der Waals surface area contributed by atoms with Crippen LogP contribution < -0.4 is 10.6 Å². The third-order valence-corrected chi connectivity index (χ3v) is 3.79.